The number of aliphatic hydroxyl groups excluding tert-OH is 2. The van der Waals surface area contributed by atoms with Crippen LogP contribution < -0.4 is 0 Å². The zero-order chi connectivity index (χ0) is 20.4. The predicted octanol–water partition coefficient (Wildman–Crippen LogP) is 0.706. The van der Waals surface area contributed by atoms with Crippen molar-refractivity contribution in [2.45, 2.75) is 12.8 Å². The second kappa shape index (κ2) is 10.8. The average molecular weight is 380 g/mol. The highest BCUT2D eigenvalue weighted by Gasteiger charge is 2.43. The van der Waals surface area contributed by atoms with Gasteiger partial charge in [0, 0.05) is 0 Å². The number of ether oxygens (including phenoxy) is 1. The van der Waals surface area contributed by atoms with E-state index in [4.69, 9.17) is 20.4 Å². The molecule has 2 atom stereocenters. The van der Waals surface area contributed by atoms with Gasteiger partial charge < -0.3 is 25.2 Å². The minimum absolute atomic E-state index is 0.0833. The summed E-state index contributed by atoms with van der Waals surface area (Å²) >= 11 is 0. The van der Waals surface area contributed by atoms with E-state index in [0.29, 0.717) is 0 Å². The quantitative estimate of drug-likeness (QED) is 0.336. The van der Waals surface area contributed by atoms with E-state index in [2.05, 4.69) is 4.74 Å². The van der Waals surface area contributed by atoms with Crippen LogP contribution in [0.3, 0.4) is 0 Å². The summed E-state index contributed by atoms with van der Waals surface area (Å²) in [6.07, 6.45) is 5.34. The number of aliphatic hydroxyl groups is 2. The van der Waals surface area contributed by atoms with Gasteiger partial charge in [-0.2, -0.15) is 0 Å². The normalized spacial score (nSPS) is 19.6. The highest BCUT2D eigenvalue weighted by atomic mass is 16.6. The number of hydrogen-bond acceptors (Lipinski definition) is 7. The number of rotatable bonds is 3. The molecule has 1 aromatic rings. The average Bonchev–Trinajstić information content (AvgIpc) is 2.97. The van der Waals surface area contributed by atoms with Gasteiger partial charge in [0.15, 0.2) is 0 Å². The van der Waals surface area contributed by atoms with Crippen molar-refractivity contribution in [3.8, 4) is 0 Å². The Balaban J connectivity index is 0.000000227. The van der Waals surface area contributed by atoms with Gasteiger partial charge in [-0.1, -0.05) is 12.2 Å². The summed E-state index contributed by atoms with van der Waals surface area (Å²) in [7, 11) is 0. The molecule has 3 rings (SSSR count). The number of carbonyl (C=O) groups is 4. The van der Waals surface area contributed by atoms with Crippen molar-refractivity contribution in [2.24, 2.45) is 11.8 Å². The van der Waals surface area contributed by atoms with E-state index in [1.165, 1.54) is 24.3 Å². The summed E-state index contributed by atoms with van der Waals surface area (Å²) in [5.74, 6) is -3.32. The van der Waals surface area contributed by atoms with Crippen molar-refractivity contribution in [1.29, 1.82) is 0 Å². The fraction of sp³-hybridized carbons (Fsp3) is 0.333. The molecule has 0 spiro atoms. The Kier molecular flexibility index (Phi) is 8.83. The number of benzene rings is 1. The second-order valence-electron chi connectivity index (χ2n) is 5.51. The van der Waals surface area contributed by atoms with E-state index in [1.807, 2.05) is 6.08 Å². The molecule has 4 N–H and O–H groups in total. The van der Waals surface area contributed by atoms with Gasteiger partial charge in [-0.05, 0) is 37.1 Å². The molecule has 9 heteroatoms. The van der Waals surface area contributed by atoms with Crippen LogP contribution in [0, 0.1) is 11.8 Å². The van der Waals surface area contributed by atoms with Crippen LogP contribution in [0.15, 0.2) is 36.4 Å². The number of cyclic esters (lactones) is 2. The number of carboxylic acid groups (broad SMARTS) is 2. The molecular weight excluding hydrogens is 360 g/mol. The maximum Gasteiger partial charge on any atom is 0.335 e. The van der Waals surface area contributed by atoms with E-state index in [1.54, 1.807) is 6.08 Å². The molecule has 2 aliphatic rings. The lowest BCUT2D eigenvalue weighted by Gasteiger charge is -2.12. The number of fused-ring (bicyclic) bond motifs is 1. The molecule has 1 aromatic carbocycles. The fourth-order valence-electron chi connectivity index (χ4n) is 2.34. The van der Waals surface area contributed by atoms with Gasteiger partial charge in [0.1, 0.15) is 0 Å². The molecular formula is C18H20O9. The van der Waals surface area contributed by atoms with Crippen molar-refractivity contribution in [1.82, 2.24) is 0 Å². The number of carbonyl (C=O) groups excluding carboxylic acids is 2. The SMILES string of the molecule is O=C(O)c1ccc(C(=O)O)cc1.O=C1OC(=O)C2CCC=CC12.OCCO. The minimum atomic E-state index is -1.06. The van der Waals surface area contributed by atoms with Gasteiger partial charge in [-0.15, -0.1) is 0 Å². The predicted molar refractivity (Wildman–Crippen MR) is 91.0 cm³/mol. The molecule has 2 unspecified atom stereocenters. The molecule has 1 saturated heterocycles. The summed E-state index contributed by atoms with van der Waals surface area (Å²) in [5, 5.41) is 32.2. The molecule has 0 bridgehead atoms. The first-order valence-corrected chi connectivity index (χ1v) is 8.02. The molecule has 1 fully saturated rings. The summed E-state index contributed by atoms with van der Waals surface area (Å²) < 4.78 is 4.48. The largest absolute Gasteiger partial charge is 0.478 e. The van der Waals surface area contributed by atoms with Gasteiger partial charge in [-0.25, -0.2) is 9.59 Å². The second-order valence-corrected chi connectivity index (χ2v) is 5.51. The zero-order valence-electron chi connectivity index (χ0n) is 14.3. The first-order chi connectivity index (χ1) is 12.8. The fourth-order valence-corrected chi connectivity index (χ4v) is 2.34. The van der Waals surface area contributed by atoms with Crippen molar-refractivity contribution in [3.63, 3.8) is 0 Å². The van der Waals surface area contributed by atoms with E-state index >= 15 is 0 Å². The molecule has 0 amide bonds. The minimum Gasteiger partial charge on any atom is -0.478 e. The van der Waals surface area contributed by atoms with Crippen molar-refractivity contribution >= 4 is 23.9 Å². The van der Waals surface area contributed by atoms with E-state index in [0.717, 1.165) is 12.8 Å². The lowest BCUT2D eigenvalue weighted by molar-refractivity contribution is -0.153. The first kappa shape index (κ1) is 22.0. The first-order valence-electron chi connectivity index (χ1n) is 8.02. The summed E-state index contributed by atoms with van der Waals surface area (Å²) in [5.41, 5.74) is 0.167. The third-order valence-electron chi connectivity index (χ3n) is 3.68. The number of hydrogen-bond donors (Lipinski definition) is 4. The summed E-state index contributed by atoms with van der Waals surface area (Å²) in [6.45, 7) is -0.250. The highest BCUT2D eigenvalue weighted by Crippen LogP contribution is 2.32. The van der Waals surface area contributed by atoms with Crippen LogP contribution in [0.2, 0.25) is 0 Å². The van der Waals surface area contributed by atoms with Crippen LogP contribution in [0.4, 0.5) is 0 Å². The van der Waals surface area contributed by atoms with Crippen molar-refractivity contribution in [2.75, 3.05) is 13.2 Å². The molecule has 1 heterocycles. The Morgan fingerprint density at radius 3 is 1.78 bits per heavy atom. The third kappa shape index (κ3) is 6.65. The van der Waals surface area contributed by atoms with Gasteiger partial charge in [0.25, 0.3) is 0 Å². The van der Waals surface area contributed by atoms with E-state index in [-0.39, 0.29) is 48.1 Å². The zero-order valence-corrected chi connectivity index (χ0v) is 14.3. The van der Waals surface area contributed by atoms with Gasteiger partial charge >= 0.3 is 23.9 Å². The standard InChI is InChI=1S/C8H6O4.C8H8O3.C2H6O2/c9-7(10)5-1-2-6(4-3-5)8(11)12;9-7-5-3-1-2-4-6(5)8(10)11-7;3-1-2-4/h1-4H,(H,9,10)(H,11,12);1,3,5-6H,2,4H2;3-4H,1-2H2. The molecule has 146 valence electrons. The number of esters is 2. The molecule has 1 aliphatic heterocycles. The Morgan fingerprint density at radius 2 is 1.41 bits per heavy atom. The van der Waals surface area contributed by atoms with Crippen LogP contribution in [-0.2, 0) is 14.3 Å². The Labute approximate surface area is 154 Å². The van der Waals surface area contributed by atoms with Gasteiger partial charge in [0.05, 0.1) is 36.2 Å². The van der Waals surface area contributed by atoms with Gasteiger partial charge in [-0.3, -0.25) is 9.59 Å². The summed E-state index contributed by atoms with van der Waals surface area (Å²) in [4.78, 5) is 42.5. The smallest absolute Gasteiger partial charge is 0.335 e. The Morgan fingerprint density at radius 1 is 0.926 bits per heavy atom. The maximum atomic E-state index is 10.9. The number of aromatic carboxylic acids is 2. The number of allylic oxidation sites excluding steroid dienone is 1. The maximum absolute atomic E-state index is 10.9. The molecule has 9 nitrogen and oxygen atoms in total. The summed E-state index contributed by atoms with van der Waals surface area (Å²) in [6, 6.07) is 5.02. The Bertz CT molecular complexity index is 671. The van der Waals surface area contributed by atoms with Crippen LogP contribution in [0.1, 0.15) is 33.6 Å². The lowest BCUT2D eigenvalue weighted by Crippen LogP contribution is -2.17. The van der Waals surface area contributed by atoms with Crippen molar-refractivity contribution in [3.05, 3.63) is 47.5 Å². The number of carboxylic acids is 2. The lowest BCUT2D eigenvalue weighted by atomic mass is 9.86. The van der Waals surface area contributed by atoms with Crippen LogP contribution in [0.25, 0.3) is 0 Å². The molecule has 0 radical (unpaired) electrons. The van der Waals surface area contributed by atoms with Crippen LogP contribution in [-0.4, -0.2) is 57.5 Å². The topological polar surface area (TPSA) is 158 Å². The van der Waals surface area contributed by atoms with Crippen LogP contribution in [0.5, 0.6) is 0 Å². The van der Waals surface area contributed by atoms with E-state index < -0.39 is 11.9 Å². The third-order valence-corrected chi connectivity index (χ3v) is 3.68. The molecule has 0 aromatic heterocycles. The molecule has 1 aliphatic carbocycles. The van der Waals surface area contributed by atoms with Crippen LogP contribution >= 0.6 is 0 Å². The van der Waals surface area contributed by atoms with Gasteiger partial charge in [0.2, 0.25) is 0 Å². The highest BCUT2D eigenvalue weighted by molar-refractivity contribution is 5.97. The van der Waals surface area contributed by atoms with E-state index in [9.17, 15) is 19.2 Å². The van der Waals surface area contributed by atoms with Crippen molar-refractivity contribution < 1.29 is 44.3 Å². The molecule has 0 saturated carbocycles. The Hall–Kier alpha value is -3.04. The molecule has 27 heavy (non-hydrogen) atoms. The monoisotopic (exact) mass is 380 g/mol.